The second-order valence-electron chi connectivity index (χ2n) is 7.65. The zero-order chi connectivity index (χ0) is 15.3. The van der Waals surface area contributed by atoms with Crippen molar-refractivity contribution in [1.29, 1.82) is 0 Å². The first-order valence-electron chi connectivity index (χ1n) is 7.74. The number of carbonyl (C=O) groups is 1. The predicted molar refractivity (Wildman–Crippen MR) is 82.6 cm³/mol. The summed E-state index contributed by atoms with van der Waals surface area (Å²) in [6, 6.07) is 0.472. The molecule has 20 heavy (non-hydrogen) atoms. The van der Waals surface area contributed by atoms with Crippen molar-refractivity contribution in [2.24, 2.45) is 17.3 Å². The van der Waals surface area contributed by atoms with E-state index in [4.69, 9.17) is 4.74 Å². The molecule has 2 unspecified atom stereocenters. The summed E-state index contributed by atoms with van der Waals surface area (Å²) in [5.41, 5.74) is 0.290. The molecule has 0 saturated carbocycles. The third-order valence-corrected chi connectivity index (χ3v) is 4.00. The van der Waals surface area contributed by atoms with Crippen LogP contribution in [0.5, 0.6) is 0 Å². The molecule has 0 radical (unpaired) electrons. The molecule has 1 fully saturated rings. The van der Waals surface area contributed by atoms with Crippen molar-refractivity contribution in [1.82, 2.24) is 10.2 Å². The normalized spacial score (nSPS) is 24.9. The van der Waals surface area contributed by atoms with Gasteiger partial charge in [0.25, 0.3) is 0 Å². The SMILES string of the molecule is COC(=O)CN1CC(NCC(C)(C)C)CC(C(C)C)C1. The van der Waals surface area contributed by atoms with E-state index in [2.05, 4.69) is 44.8 Å². The molecule has 118 valence electrons. The summed E-state index contributed by atoms with van der Waals surface area (Å²) in [6.45, 7) is 14.6. The van der Waals surface area contributed by atoms with Crippen LogP contribution in [0.4, 0.5) is 0 Å². The maximum absolute atomic E-state index is 11.5. The molecule has 1 rings (SSSR count). The van der Waals surface area contributed by atoms with Crippen LogP contribution in [0.1, 0.15) is 41.0 Å². The molecular weight excluding hydrogens is 252 g/mol. The Kier molecular flexibility index (Phi) is 6.46. The fourth-order valence-electron chi connectivity index (χ4n) is 2.69. The molecule has 0 aromatic carbocycles. The van der Waals surface area contributed by atoms with E-state index >= 15 is 0 Å². The summed E-state index contributed by atoms with van der Waals surface area (Å²) in [5.74, 6) is 1.16. The average molecular weight is 284 g/mol. The van der Waals surface area contributed by atoms with Crippen molar-refractivity contribution >= 4 is 5.97 Å². The molecule has 0 aliphatic carbocycles. The van der Waals surface area contributed by atoms with Crippen molar-refractivity contribution in [2.75, 3.05) is 33.3 Å². The molecule has 4 heteroatoms. The van der Waals surface area contributed by atoms with Crippen LogP contribution >= 0.6 is 0 Å². The van der Waals surface area contributed by atoms with Gasteiger partial charge in [0.05, 0.1) is 13.7 Å². The zero-order valence-electron chi connectivity index (χ0n) is 14.0. The van der Waals surface area contributed by atoms with Gasteiger partial charge in [0.2, 0.25) is 0 Å². The van der Waals surface area contributed by atoms with E-state index in [1.807, 2.05) is 0 Å². The first kappa shape index (κ1) is 17.4. The number of ether oxygens (including phenoxy) is 1. The van der Waals surface area contributed by atoms with Gasteiger partial charge < -0.3 is 10.1 Å². The third-order valence-electron chi connectivity index (χ3n) is 4.00. The van der Waals surface area contributed by atoms with Gasteiger partial charge in [0.15, 0.2) is 0 Å². The topological polar surface area (TPSA) is 41.6 Å². The molecule has 1 aliphatic heterocycles. The second kappa shape index (κ2) is 7.41. The largest absolute Gasteiger partial charge is 0.468 e. The number of piperidine rings is 1. The van der Waals surface area contributed by atoms with Crippen LogP contribution in [0.2, 0.25) is 0 Å². The monoisotopic (exact) mass is 284 g/mol. The minimum Gasteiger partial charge on any atom is -0.468 e. The first-order valence-corrected chi connectivity index (χ1v) is 7.74. The second-order valence-corrected chi connectivity index (χ2v) is 7.65. The number of carbonyl (C=O) groups excluding carboxylic acids is 1. The molecule has 0 aromatic heterocycles. The molecule has 0 amide bonds. The van der Waals surface area contributed by atoms with Gasteiger partial charge in [-0.05, 0) is 23.7 Å². The Morgan fingerprint density at radius 3 is 2.50 bits per heavy atom. The lowest BCUT2D eigenvalue weighted by Gasteiger charge is -2.40. The molecule has 1 aliphatic rings. The highest BCUT2D eigenvalue weighted by atomic mass is 16.5. The third kappa shape index (κ3) is 6.23. The lowest BCUT2D eigenvalue weighted by Crippen LogP contribution is -2.52. The number of nitrogens with zero attached hydrogens (tertiary/aromatic N) is 1. The van der Waals surface area contributed by atoms with Crippen LogP contribution in [0.3, 0.4) is 0 Å². The van der Waals surface area contributed by atoms with Crippen molar-refractivity contribution in [2.45, 2.75) is 47.1 Å². The fraction of sp³-hybridized carbons (Fsp3) is 0.938. The summed E-state index contributed by atoms with van der Waals surface area (Å²) in [4.78, 5) is 13.7. The quantitative estimate of drug-likeness (QED) is 0.785. The Balaban J connectivity index is 2.58. The number of hydrogen-bond donors (Lipinski definition) is 1. The van der Waals surface area contributed by atoms with E-state index in [-0.39, 0.29) is 11.4 Å². The van der Waals surface area contributed by atoms with E-state index in [1.54, 1.807) is 0 Å². The Bertz CT molecular complexity index is 310. The number of likely N-dealkylation sites (tertiary alicyclic amines) is 1. The minimum absolute atomic E-state index is 0.135. The molecule has 0 aromatic rings. The van der Waals surface area contributed by atoms with Crippen LogP contribution in [-0.4, -0.2) is 50.2 Å². The highest BCUT2D eigenvalue weighted by Gasteiger charge is 2.30. The van der Waals surface area contributed by atoms with E-state index in [0.29, 0.717) is 24.4 Å². The number of esters is 1. The molecule has 1 heterocycles. The number of hydrogen-bond acceptors (Lipinski definition) is 4. The van der Waals surface area contributed by atoms with Crippen LogP contribution in [-0.2, 0) is 9.53 Å². The van der Waals surface area contributed by atoms with E-state index in [9.17, 15) is 4.79 Å². The molecule has 0 spiro atoms. The smallest absolute Gasteiger partial charge is 0.319 e. The average Bonchev–Trinajstić information content (AvgIpc) is 2.35. The van der Waals surface area contributed by atoms with Gasteiger partial charge in [-0.2, -0.15) is 0 Å². The van der Waals surface area contributed by atoms with Crippen molar-refractivity contribution in [3.05, 3.63) is 0 Å². The Morgan fingerprint density at radius 1 is 1.35 bits per heavy atom. The summed E-state index contributed by atoms with van der Waals surface area (Å²) in [5, 5.41) is 3.67. The fourth-order valence-corrected chi connectivity index (χ4v) is 2.69. The maximum Gasteiger partial charge on any atom is 0.319 e. The van der Waals surface area contributed by atoms with Crippen molar-refractivity contribution in [3.8, 4) is 0 Å². The highest BCUT2D eigenvalue weighted by molar-refractivity contribution is 5.71. The van der Waals surface area contributed by atoms with Crippen LogP contribution < -0.4 is 5.32 Å². The van der Waals surface area contributed by atoms with Gasteiger partial charge in [0, 0.05) is 25.7 Å². The summed E-state index contributed by atoms with van der Waals surface area (Å²) in [7, 11) is 1.46. The summed E-state index contributed by atoms with van der Waals surface area (Å²) < 4.78 is 4.80. The molecule has 1 saturated heterocycles. The molecule has 1 N–H and O–H groups in total. The molecule has 0 bridgehead atoms. The van der Waals surface area contributed by atoms with E-state index in [1.165, 1.54) is 13.5 Å². The number of methoxy groups -OCH3 is 1. The zero-order valence-corrected chi connectivity index (χ0v) is 14.0. The highest BCUT2D eigenvalue weighted by Crippen LogP contribution is 2.24. The molecular formula is C16H32N2O2. The summed E-state index contributed by atoms with van der Waals surface area (Å²) >= 11 is 0. The Morgan fingerprint density at radius 2 is 2.00 bits per heavy atom. The van der Waals surface area contributed by atoms with E-state index in [0.717, 1.165) is 19.6 Å². The Hall–Kier alpha value is -0.610. The van der Waals surface area contributed by atoms with Crippen LogP contribution in [0.15, 0.2) is 0 Å². The van der Waals surface area contributed by atoms with Gasteiger partial charge in [-0.25, -0.2) is 0 Å². The van der Waals surface area contributed by atoms with Gasteiger partial charge in [-0.1, -0.05) is 34.6 Å². The number of rotatable bonds is 5. The van der Waals surface area contributed by atoms with E-state index < -0.39 is 0 Å². The predicted octanol–water partition coefficient (Wildman–Crippen LogP) is 2.14. The van der Waals surface area contributed by atoms with Crippen LogP contribution in [0.25, 0.3) is 0 Å². The lowest BCUT2D eigenvalue weighted by atomic mass is 9.85. The van der Waals surface area contributed by atoms with Gasteiger partial charge in [-0.3, -0.25) is 9.69 Å². The number of nitrogens with one attached hydrogen (secondary N) is 1. The minimum atomic E-state index is -0.135. The molecule has 4 nitrogen and oxygen atoms in total. The lowest BCUT2D eigenvalue weighted by molar-refractivity contribution is -0.142. The molecule has 2 atom stereocenters. The standard InChI is InChI=1S/C16H32N2O2/c1-12(2)13-7-14(17-11-16(3,4)5)9-18(8-13)10-15(19)20-6/h12-14,17H,7-11H2,1-6H3. The van der Waals surface area contributed by atoms with Crippen molar-refractivity contribution in [3.63, 3.8) is 0 Å². The van der Waals surface area contributed by atoms with Gasteiger partial charge in [0.1, 0.15) is 0 Å². The Labute approximate surface area is 124 Å². The summed E-state index contributed by atoms with van der Waals surface area (Å²) in [6.07, 6.45) is 1.20. The van der Waals surface area contributed by atoms with Crippen molar-refractivity contribution < 1.29 is 9.53 Å². The maximum atomic E-state index is 11.5. The first-order chi connectivity index (χ1) is 9.21. The van der Waals surface area contributed by atoms with Gasteiger partial charge in [-0.15, -0.1) is 0 Å². The van der Waals surface area contributed by atoms with Crippen LogP contribution in [0, 0.1) is 17.3 Å². The van der Waals surface area contributed by atoms with Gasteiger partial charge >= 0.3 is 5.97 Å².